The van der Waals surface area contributed by atoms with Gasteiger partial charge in [0.05, 0.1) is 0 Å². The summed E-state index contributed by atoms with van der Waals surface area (Å²) in [5.41, 5.74) is 0.550. The van der Waals surface area contributed by atoms with Gasteiger partial charge in [-0.05, 0) is 12.3 Å². The molecule has 0 aliphatic heterocycles. The number of thiocarbonyl (C=S) groups is 1. The number of halogens is 3. The van der Waals surface area contributed by atoms with Crippen molar-refractivity contribution < 1.29 is 9.53 Å². The smallest absolute Gasteiger partial charge is 0.433 e. The largest absolute Gasteiger partial charge is 0.443 e. The lowest BCUT2D eigenvalue weighted by Crippen LogP contribution is -2.15. The zero-order valence-electron chi connectivity index (χ0n) is 7.30. The van der Waals surface area contributed by atoms with Gasteiger partial charge >= 0.3 is 6.09 Å². The number of nitrogens with zero attached hydrogens (tertiary/aromatic N) is 1. The quantitative estimate of drug-likeness (QED) is 0.451. The molecule has 0 spiro atoms. The summed E-state index contributed by atoms with van der Waals surface area (Å²) in [6.45, 7) is 1.32. The zero-order chi connectivity index (χ0) is 11.2. The lowest BCUT2D eigenvalue weighted by Gasteiger charge is -2.09. The minimum absolute atomic E-state index is 0.329. The van der Waals surface area contributed by atoms with Crippen LogP contribution in [0.3, 0.4) is 0 Å². The normalized spacial score (nSPS) is 12.4. The van der Waals surface area contributed by atoms with Crippen LogP contribution >= 0.6 is 47.0 Å². The van der Waals surface area contributed by atoms with Crippen molar-refractivity contribution in [3.63, 3.8) is 0 Å². The fourth-order valence-electron chi connectivity index (χ4n) is 0.498. The summed E-state index contributed by atoms with van der Waals surface area (Å²) in [4.78, 5) is 14.5. The van der Waals surface area contributed by atoms with Gasteiger partial charge in [-0.1, -0.05) is 47.0 Å². The van der Waals surface area contributed by atoms with Crippen molar-refractivity contribution in [2.45, 2.75) is 17.1 Å². The van der Waals surface area contributed by atoms with Crippen molar-refractivity contribution in [2.24, 2.45) is 4.99 Å². The highest BCUT2D eigenvalue weighted by Crippen LogP contribution is 2.25. The van der Waals surface area contributed by atoms with E-state index in [9.17, 15) is 4.79 Å². The summed E-state index contributed by atoms with van der Waals surface area (Å²) in [6, 6.07) is 0. The first kappa shape index (κ1) is 14.1. The van der Waals surface area contributed by atoms with E-state index in [-0.39, 0.29) is 6.61 Å². The molecule has 1 amide bonds. The van der Waals surface area contributed by atoms with Crippen LogP contribution in [0.2, 0.25) is 0 Å². The molecule has 0 radical (unpaired) electrons. The third-order valence-corrected chi connectivity index (χ3v) is 1.51. The van der Waals surface area contributed by atoms with Gasteiger partial charge in [0.1, 0.15) is 6.61 Å². The Balaban J connectivity index is 3.98. The summed E-state index contributed by atoms with van der Waals surface area (Å²) in [7, 11) is 0. The van der Waals surface area contributed by atoms with Crippen LogP contribution in [0.5, 0.6) is 0 Å². The van der Waals surface area contributed by atoms with Crippen molar-refractivity contribution in [3.05, 3.63) is 0 Å². The van der Waals surface area contributed by atoms with Crippen LogP contribution in [0.25, 0.3) is 0 Å². The van der Waals surface area contributed by atoms with Crippen molar-refractivity contribution in [3.8, 4) is 0 Å². The second kappa shape index (κ2) is 6.56. The summed E-state index contributed by atoms with van der Waals surface area (Å²) >= 11 is 20.7. The van der Waals surface area contributed by atoms with Gasteiger partial charge < -0.3 is 4.74 Å². The Morgan fingerprint density at radius 2 is 2.14 bits per heavy atom. The molecule has 80 valence electrons. The van der Waals surface area contributed by atoms with Gasteiger partial charge in [-0.2, -0.15) is 4.99 Å². The molecule has 0 N–H and O–H groups in total. The molecule has 0 aromatic heterocycles. The molecule has 0 atom stereocenters. The second-order valence-electron chi connectivity index (χ2n) is 2.39. The highest BCUT2D eigenvalue weighted by Gasteiger charge is 2.21. The first-order chi connectivity index (χ1) is 6.35. The highest BCUT2D eigenvalue weighted by molar-refractivity contribution is 7.79. The SMILES string of the molecule is CC(CC=S)=NC(=O)OCC(Cl)(Cl)Cl. The van der Waals surface area contributed by atoms with E-state index in [2.05, 4.69) is 21.9 Å². The average Bonchev–Trinajstić information content (AvgIpc) is 2.00. The molecule has 0 saturated carbocycles. The maximum Gasteiger partial charge on any atom is 0.433 e. The second-order valence-corrected chi connectivity index (χ2v) is 5.24. The lowest BCUT2D eigenvalue weighted by atomic mass is 10.3. The summed E-state index contributed by atoms with van der Waals surface area (Å²) in [5, 5.41) is 1.46. The van der Waals surface area contributed by atoms with Crippen LogP contribution in [0, 0.1) is 0 Å². The maximum atomic E-state index is 10.9. The fraction of sp³-hybridized carbons (Fsp3) is 0.571. The number of amides is 1. The van der Waals surface area contributed by atoms with Crippen LogP contribution in [0.4, 0.5) is 4.79 Å². The Labute approximate surface area is 102 Å². The van der Waals surface area contributed by atoms with Crippen molar-refractivity contribution in [2.75, 3.05) is 6.61 Å². The third kappa shape index (κ3) is 8.69. The molecule has 0 aromatic carbocycles. The van der Waals surface area contributed by atoms with E-state index >= 15 is 0 Å². The topological polar surface area (TPSA) is 38.7 Å². The summed E-state index contributed by atoms with van der Waals surface area (Å²) in [6.07, 6.45) is -0.344. The van der Waals surface area contributed by atoms with Gasteiger partial charge in [0.2, 0.25) is 3.79 Å². The Hall–Kier alpha value is 0.1000. The number of ether oxygens (including phenoxy) is 1. The van der Waals surface area contributed by atoms with Crippen LogP contribution < -0.4 is 0 Å². The molecule has 0 saturated heterocycles. The number of aliphatic imine (C=N–C) groups is 1. The van der Waals surface area contributed by atoms with Gasteiger partial charge in [0, 0.05) is 12.1 Å². The van der Waals surface area contributed by atoms with E-state index < -0.39 is 9.89 Å². The summed E-state index contributed by atoms with van der Waals surface area (Å²) in [5.74, 6) is 0. The van der Waals surface area contributed by atoms with E-state index in [0.29, 0.717) is 12.1 Å². The number of carbonyl (C=O) groups excluding carboxylic acids is 1. The monoisotopic (exact) mass is 275 g/mol. The molecular weight excluding hydrogens is 269 g/mol. The van der Waals surface area contributed by atoms with Gasteiger partial charge in [-0.3, -0.25) is 0 Å². The Kier molecular flexibility index (Phi) is 6.61. The molecule has 0 rings (SSSR count). The molecule has 0 aromatic rings. The molecular formula is C7H8Cl3NO2S. The predicted octanol–water partition coefficient (Wildman–Crippen LogP) is 3.34. The Morgan fingerprint density at radius 1 is 1.57 bits per heavy atom. The molecule has 0 heterocycles. The number of alkyl halides is 3. The first-order valence-electron chi connectivity index (χ1n) is 3.56. The maximum absolute atomic E-state index is 10.9. The first-order valence-corrected chi connectivity index (χ1v) is 5.17. The Morgan fingerprint density at radius 3 is 2.57 bits per heavy atom. The van der Waals surface area contributed by atoms with Gasteiger partial charge in [0.25, 0.3) is 0 Å². The van der Waals surface area contributed by atoms with E-state index in [1.165, 1.54) is 5.37 Å². The number of hydrogen-bond donors (Lipinski definition) is 0. The zero-order valence-corrected chi connectivity index (χ0v) is 10.4. The molecule has 0 aliphatic rings. The average molecular weight is 277 g/mol. The minimum atomic E-state index is -1.61. The highest BCUT2D eigenvalue weighted by atomic mass is 35.6. The van der Waals surface area contributed by atoms with E-state index in [4.69, 9.17) is 34.8 Å². The lowest BCUT2D eigenvalue weighted by molar-refractivity contribution is 0.159. The fourth-order valence-corrected chi connectivity index (χ4v) is 0.903. The molecule has 0 bridgehead atoms. The van der Waals surface area contributed by atoms with Crippen LogP contribution in [-0.4, -0.2) is 27.6 Å². The van der Waals surface area contributed by atoms with E-state index in [1.54, 1.807) is 6.92 Å². The Bertz CT molecular complexity index is 250. The number of rotatable bonds is 3. The molecule has 7 heteroatoms. The third-order valence-electron chi connectivity index (χ3n) is 1.02. The van der Waals surface area contributed by atoms with Crippen molar-refractivity contribution >= 4 is 64.2 Å². The standard InChI is InChI=1S/C7H8Cl3NO2S/c1-5(2-3-14)11-6(12)13-4-7(8,9)10/h3H,2,4H2,1H3. The van der Waals surface area contributed by atoms with Gasteiger partial charge in [0.15, 0.2) is 0 Å². The molecule has 0 fully saturated rings. The summed E-state index contributed by atoms with van der Waals surface area (Å²) < 4.78 is 2.95. The van der Waals surface area contributed by atoms with Crippen LogP contribution in [0.1, 0.15) is 13.3 Å². The van der Waals surface area contributed by atoms with E-state index in [1.807, 2.05) is 0 Å². The molecule has 0 unspecified atom stereocenters. The van der Waals surface area contributed by atoms with Crippen molar-refractivity contribution in [1.29, 1.82) is 0 Å². The van der Waals surface area contributed by atoms with Gasteiger partial charge in [-0.15, -0.1) is 0 Å². The molecule has 3 nitrogen and oxygen atoms in total. The minimum Gasteiger partial charge on any atom is -0.443 e. The molecule has 14 heavy (non-hydrogen) atoms. The predicted molar refractivity (Wildman–Crippen MR) is 63.0 cm³/mol. The van der Waals surface area contributed by atoms with Crippen LogP contribution in [0.15, 0.2) is 4.99 Å². The molecule has 0 aliphatic carbocycles. The number of carbonyl (C=O) groups is 1. The van der Waals surface area contributed by atoms with E-state index in [0.717, 1.165) is 0 Å². The van der Waals surface area contributed by atoms with Crippen LogP contribution in [-0.2, 0) is 4.74 Å². The van der Waals surface area contributed by atoms with Gasteiger partial charge in [-0.25, -0.2) is 4.79 Å². The van der Waals surface area contributed by atoms with Crippen molar-refractivity contribution in [1.82, 2.24) is 0 Å². The number of hydrogen-bond acceptors (Lipinski definition) is 3.